The lowest BCUT2D eigenvalue weighted by atomic mass is 10.0. The highest BCUT2D eigenvalue weighted by atomic mass is 32.2. The molecule has 1 aliphatic rings. The quantitative estimate of drug-likeness (QED) is 0.693. The Hall–Kier alpha value is -2.36. The van der Waals surface area contributed by atoms with E-state index in [-0.39, 0.29) is 10.6 Å². The highest BCUT2D eigenvalue weighted by molar-refractivity contribution is 7.89. The van der Waals surface area contributed by atoms with Gasteiger partial charge in [-0.2, -0.15) is 4.31 Å². The number of nitrogens with one attached hydrogen (secondary N) is 1. The van der Waals surface area contributed by atoms with Crippen LogP contribution in [0.15, 0.2) is 41.4 Å². The molecule has 0 unspecified atom stereocenters. The molecule has 1 fully saturated rings. The summed E-state index contributed by atoms with van der Waals surface area (Å²) in [4.78, 5) is 12.9. The SMILES string of the molecule is COc1ccc([C@@H](O)[C@@H](C)NC(=O)c2cc(S(=O)(=O)N3CCCCC3)cn2C)cc1. The van der Waals surface area contributed by atoms with Gasteiger partial charge in [-0.25, -0.2) is 8.42 Å². The Morgan fingerprint density at radius 3 is 2.40 bits per heavy atom. The van der Waals surface area contributed by atoms with Gasteiger partial charge in [-0.3, -0.25) is 4.79 Å². The van der Waals surface area contributed by atoms with Gasteiger partial charge in [0.1, 0.15) is 16.3 Å². The topological polar surface area (TPSA) is 101 Å². The second kappa shape index (κ2) is 9.20. The van der Waals surface area contributed by atoms with Crippen LogP contribution in [0.3, 0.4) is 0 Å². The Morgan fingerprint density at radius 2 is 1.80 bits per heavy atom. The van der Waals surface area contributed by atoms with E-state index in [1.54, 1.807) is 45.3 Å². The van der Waals surface area contributed by atoms with Crippen LogP contribution in [-0.2, 0) is 17.1 Å². The fourth-order valence-corrected chi connectivity index (χ4v) is 5.19. The number of aliphatic hydroxyl groups is 1. The fourth-order valence-electron chi connectivity index (χ4n) is 3.60. The molecule has 0 saturated carbocycles. The predicted octanol–water partition coefficient (Wildman–Crippen LogP) is 2.06. The van der Waals surface area contributed by atoms with Crippen LogP contribution in [0.25, 0.3) is 0 Å². The van der Waals surface area contributed by atoms with Crippen LogP contribution in [0.5, 0.6) is 5.75 Å². The normalized spacial score (nSPS) is 17.3. The Balaban J connectivity index is 1.72. The lowest BCUT2D eigenvalue weighted by Crippen LogP contribution is -2.37. The van der Waals surface area contributed by atoms with Gasteiger partial charge in [0.25, 0.3) is 5.91 Å². The lowest BCUT2D eigenvalue weighted by molar-refractivity contribution is 0.0844. The van der Waals surface area contributed by atoms with Crippen molar-refractivity contribution in [1.82, 2.24) is 14.2 Å². The first-order chi connectivity index (χ1) is 14.2. The Morgan fingerprint density at radius 1 is 1.17 bits per heavy atom. The van der Waals surface area contributed by atoms with E-state index in [2.05, 4.69) is 5.32 Å². The molecule has 1 saturated heterocycles. The summed E-state index contributed by atoms with van der Waals surface area (Å²) in [5.41, 5.74) is 0.864. The maximum Gasteiger partial charge on any atom is 0.268 e. The molecule has 2 heterocycles. The predicted molar refractivity (Wildman–Crippen MR) is 113 cm³/mol. The molecule has 164 valence electrons. The lowest BCUT2D eigenvalue weighted by Gasteiger charge is -2.25. The van der Waals surface area contributed by atoms with Gasteiger partial charge < -0.3 is 19.7 Å². The number of sulfonamides is 1. The second-order valence-corrected chi connectivity index (χ2v) is 9.55. The van der Waals surface area contributed by atoms with Crippen molar-refractivity contribution in [3.05, 3.63) is 47.8 Å². The van der Waals surface area contributed by atoms with Crippen LogP contribution < -0.4 is 10.1 Å². The van der Waals surface area contributed by atoms with Gasteiger partial charge >= 0.3 is 0 Å². The van der Waals surface area contributed by atoms with Crippen LogP contribution in [-0.4, -0.2) is 54.5 Å². The van der Waals surface area contributed by atoms with Gasteiger partial charge in [0.2, 0.25) is 10.0 Å². The van der Waals surface area contributed by atoms with Crippen LogP contribution in [0, 0.1) is 0 Å². The minimum Gasteiger partial charge on any atom is -0.497 e. The van der Waals surface area contributed by atoms with Crippen molar-refractivity contribution in [3.63, 3.8) is 0 Å². The van der Waals surface area contributed by atoms with Crippen molar-refractivity contribution in [2.75, 3.05) is 20.2 Å². The summed E-state index contributed by atoms with van der Waals surface area (Å²) in [7, 11) is -0.423. The molecule has 0 aliphatic carbocycles. The number of rotatable bonds is 7. The monoisotopic (exact) mass is 435 g/mol. The molecule has 30 heavy (non-hydrogen) atoms. The average Bonchev–Trinajstić information content (AvgIpc) is 3.16. The number of benzene rings is 1. The molecule has 2 N–H and O–H groups in total. The molecule has 8 nitrogen and oxygen atoms in total. The number of amides is 1. The minimum atomic E-state index is -3.62. The van der Waals surface area contributed by atoms with E-state index >= 15 is 0 Å². The van der Waals surface area contributed by atoms with E-state index in [0.717, 1.165) is 19.3 Å². The van der Waals surface area contributed by atoms with Gasteiger partial charge in [-0.05, 0) is 43.5 Å². The van der Waals surface area contributed by atoms with Crippen molar-refractivity contribution in [2.45, 2.75) is 43.2 Å². The molecule has 1 aromatic carbocycles. The van der Waals surface area contributed by atoms with Gasteiger partial charge in [0.15, 0.2) is 0 Å². The number of ether oxygens (including phenoxy) is 1. The molecule has 1 amide bonds. The van der Waals surface area contributed by atoms with E-state index in [9.17, 15) is 18.3 Å². The number of carbonyl (C=O) groups excluding carboxylic acids is 1. The molecule has 1 aromatic heterocycles. The molecular formula is C21H29N3O5S. The Kier molecular flexibility index (Phi) is 6.84. The number of aromatic nitrogens is 1. The number of nitrogens with zero attached hydrogens (tertiary/aromatic N) is 2. The Bertz CT molecular complexity index is 979. The van der Waals surface area contributed by atoms with E-state index in [1.807, 2.05) is 0 Å². The smallest absolute Gasteiger partial charge is 0.268 e. The van der Waals surface area contributed by atoms with Crippen molar-refractivity contribution in [3.8, 4) is 5.75 Å². The van der Waals surface area contributed by atoms with Gasteiger partial charge in [-0.1, -0.05) is 18.6 Å². The maximum absolute atomic E-state index is 12.9. The van der Waals surface area contributed by atoms with Crippen LogP contribution in [0.2, 0.25) is 0 Å². The van der Waals surface area contributed by atoms with Crippen molar-refractivity contribution in [1.29, 1.82) is 0 Å². The van der Waals surface area contributed by atoms with E-state index < -0.39 is 28.1 Å². The van der Waals surface area contributed by atoms with Crippen molar-refractivity contribution in [2.24, 2.45) is 7.05 Å². The summed E-state index contributed by atoms with van der Waals surface area (Å²) in [6.07, 6.45) is 3.27. The molecule has 2 atom stereocenters. The number of carbonyl (C=O) groups is 1. The molecular weight excluding hydrogens is 406 g/mol. The number of aliphatic hydroxyl groups excluding tert-OH is 1. The fraction of sp³-hybridized carbons (Fsp3) is 0.476. The van der Waals surface area contributed by atoms with Crippen LogP contribution in [0.4, 0.5) is 0 Å². The number of aryl methyl sites for hydroxylation is 1. The largest absolute Gasteiger partial charge is 0.497 e. The third kappa shape index (κ3) is 4.69. The second-order valence-electron chi connectivity index (χ2n) is 7.62. The van der Waals surface area contributed by atoms with E-state index in [0.29, 0.717) is 24.4 Å². The number of piperidine rings is 1. The maximum atomic E-state index is 12.9. The summed E-state index contributed by atoms with van der Waals surface area (Å²) in [5, 5.41) is 13.3. The van der Waals surface area contributed by atoms with E-state index in [4.69, 9.17) is 4.74 Å². The number of hydrogen-bond donors (Lipinski definition) is 2. The highest BCUT2D eigenvalue weighted by Crippen LogP contribution is 2.23. The molecule has 2 aromatic rings. The third-order valence-corrected chi connectivity index (χ3v) is 7.32. The minimum absolute atomic E-state index is 0.111. The summed E-state index contributed by atoms with van der Waals surface area (Å²) >= 11 is 0. The molecule has 0 bridgehead atoms. The van der Waals surface area contributed by atoms with Crippen LogP contribution in [0.1, 0.15) is 48.3 Å². The van der Waals surface area contributed by atoms with Gasteiger partial charge in [0, 0.05) is 26.3 Å². The van der Waals surface area contributed by atoms with Crippen LogP contribution >= 0.6 is 0 Å². The summed E-state index contributed by atoms with van der Waals surface area (Å²) < 4.78 is 33.8. The molecule has 9 heteroatoms. The van der Waals surface area contributed by atoms with Crippen molar-refractivity contribution < 1.29 is 23.1 Å². The molecule has 1 aliphatic heterocycles. The summed E-state index contributed by atoms with van der Waals surface area (Å²) in [6.45, 7) is 2.70. The summed E-state index contributed by atoms with van der Waals surface area (Å²) in [5.74, 6) is 0.228. The zero-order chi connectivity index (χ0) is 21.9. The van der Waals surface area contributed by atoms with Gasteiger partial charge in [0.05, 0.1) is 19.3 Å². The first kappa shape index (κ1) is 22.3. The molecule has 3 rings (SSSR count). The first-order valence-electron chi connectivity index (χ1n) is 10.0. The zero-order valence-electron chi connectivity index (χ0n) is 17.5. The molecule has 0 radical (unpaired) electrons. The molecule has 0 spiro atoms. The third-order valence-electron chi connectivity index (χ3n) is 5.45. The average molecular weight is 436 g/mol. The highest BCUT2D eigenvalue weighted by Gasteiger charge is 2.29. The van der Waals surface area contributed by atoms with Gasteiger partial charge in [-0.15, -0.1) is 0 Å². The van der Waals surface area contributed by atoms with Crippen molar-refractivity contribution >= 4 is 15.9 Å². The number of methoxy groups -OCH3 is 1. The Labute approximate surface area is 177 Å². The van der Waals surface area contributed by atoms with E-state index in [1.165, 1.54) is 21.1 Å². The zero-order valence-corrected chi connectivity index (χ0v) is 18.4. The number of hydrogen-bond acceptors (Lipinski definition) is 5. The standard InChI is InChI=1S/C21H29N3O5S/c1-15(20(25)16-7-9-17(29-3)10-8-16)22-21(26)19-13-18(14-23(19)2)30(27,28)24-11-5-4-6-12-24/h7-10,13-15,20,25H,4-6,11-12H2,1-3H3,(H,22,26)/t15-,20+/m1/s1. The summed E-state index contributed by atoms with van der Waals surface area (Å²) in [6, 6.07) is 7.76. The first-order valence-corrected chi connectivity index (χ1v) is 11.5.